The Hall–Kier alpha value is -0.120. The second-order valence-corrected chi connectivity index (χ2v) is 6.12. The molecule has 0 aromatic heterocycles. The molecule has 1 N–H and O–H groups in total. The first-order valence-electron chi connectivity index (χ1n) is 7.11. The summed E-state index contributed by atoms with van der Waals surface area (Å²) in [6.07, 6.45) is 1.28. The van der Waals surface area contributed by atoms with Gasteiger partial charge in [-0.1, -0.05) is 20.8 Å². The molecule has 1 saturated heterocycles. The molecule has 1 aliphatic rings. The summed E-state index contributed by atoms with van der Waals surface area (Å²) in [5.74, 6) is 0. The van der Waals surface area contributed by atoms with E-state index in [-0.39, 0.29) is 0 Å². The Morgan fingerprint density at radius 1 is 1.12 bits per heavy atom. The Morgan fingerprint density at radius 3 is 2.12 bits per heavy atom. The van der Waals surface area contributed by atoms with Crippen molar-refractivity contribution in [1.82, 2.24) is 15.1 Å². The third-order valence-corrected chi connectivity index (χ3v) is 4.24. The third-order valence-electron chi connectivity index (χ3n) is 4.24. The average Bonchev–Trinajstić information content (AvgIpc) is 2.30. The number of hydrogen-bond acceptors (Lipinski definition) is 3. The molecule has 1 heterocycles. The van der Waals surface area contributed by atoms with E-state index in [1.54, 1.807) is 0 Å². The largest absolute Gasteiger partial charge is 0.317 e. The third kappa shape index (κ3) is 4.57. The van der Waals surface area contributed by atoms with E-state index in [1.807, 2.05) is 0 Å². The van der Waals surface area contributed by atoms with Crippen LogP contribution in [0, 0.1) is 5.41 Å². The van der Waals surface area contributed by atoms with Crippen LogP contribution in [0.4, 0.5) is 0 Å². The van der Waals surface area contributed by atoms with Crippen molar-refractivity contribution >= 4 is 0 Å². The minimum atomic E-state index is 0.349. The molecule has 1 fully saturated rings. The van der Waals surface area contributed by atoms with Gasteiger partial charge in [-0.25, -0.2) is 0 Å². The summed E-state index contributed by atoms with van der Waals surface area (Å²) in [7, 11) is 2.06. The van der Waals surface area contributed by atoms with E-state index in [0.717, 1.165) is 0 Å². The number of rotatable bonds is 6. The summed E-state index contributed by atoms with van der Waals surface area (Å²) >= 11 is 0. The lowest BCUT2D eigenvalue weighted by Gasteiger charge is -2.41. The minimum Gasteiger partial charge on any atom is -0.317 e. The predicted molar refractivity (Wildman–Crippen MR) is 75.5 cm³/mol. The van der Waals surface area contributed by atoms with Crippen LogP contribution in [0.3, 0.4) is 0 Å². The standard InChI is InChI=1S/C14H31N3/c1-6-7-16-8-10-17(11-9-16)12-14(3,4)13(2)15-5/h13,15H,6-12H2,1-5H3. The molecular weight excluding hydrogens is 210 g/mol. The number of hydrogen-bond donors (Lipinski definition) is 1. The van der Waals surface area contributed by atoms with E-state index in [9.17, 15) is 0 Å². The fourth-order valence-corrected chi connectivity index (χ4v) is 2.59. The molecule has 0 aromatic carbocycles. The highest BCUT2D eigenvalue weighted by Gasteiger charge is 2.28. The minimum absolute atomic E-state index is 0.349. The van der Waals surface area contributed by atoms with Gasteiger partial charge in [0.25, 0.3) is 0 Å². The molecule has 3 heteroatoms. The number of nitrogens with zero attached hydrogens (tertiary/aromatic N) is 2. The molecule has 1 rings (SSSR count). The van der Waals surface area contributed by atoms with Crippen molar-refractivity contribution in [3.63, 3.8) is 0 Å². The fraction of sp³-hybridized carbons (Fsp3) is 1.00. The molecule has 1 atom stereocenters. The van der Waals surface area contributed by atoms with Gasteiger partial charge in [-0.05, 0) is 32.4 Å². The van der Waals surface area contributed by atoms with Gasteiger partial charge in [0.05, 0.1) is 0 Å². The van der Waals surface area contributed by atoms with E-state index >= 15 is 0 Å². The lowest BCUT2D eigenvalue weighted by Crippen LogP contribution is -2.52. The van der Waals surface area contributed by atoms with Crippen molar-refractivity contribution in [2.24, 2.45) is 5.41 Å². The molecule has 1 unspecified atom stereocenters. The highest BCUT2D eigenvalue weighted by Crippen LogP contribution is 2.22. The van der Waals surface area contributed by atoms with Crippen molar-refractivity contribution < 1.29 is 0 Å². The molecule has 0 spiro atoms. The Labute approximate surface area is 108 Å². The Kier molecular flexibility index (Phi) is 5.90. The van der Waals surface area contributed by atoms with Crippen LogP contribution in [0.25, 0.3) is 0 Å². The molecule has 0 bridgehead atoms. The first-order valence-corrected chi connectivity index (χ1v) is 7.11. The number of nitrogens with one attached hydrogen (secondary N) is 1. The molecule has 3 nitrogen and oxygen atoms in total. The second kappa shape index (κ2) is 6.72. The normalized spacial score (nSPS) is 21.7. The molecule has 0 aromatic rings. The van der Waals surface area contributed by atoms with Crippen LogP contribution in [0.1, 0.15) is 34.1 Å². The summed E-state index contributed by atoms with van der Waals surface area (Å²) in [6, 6.07) is 0.566. The molecular formula is C14H31N3. The van der Waals surface area contributed by atoms with Crippen molar-refractivity contribution in [2.75, 3.05) is 46.3 Å². The van der Waals surface area contributed by atoms with Crippen LogP contribution in [-0.2, 0) is 0 Å². The molecule has 0 aliphatic carbocycles. The van der Waals surface area contributed by atoms with Gasteiger partial charge in [0.1, 0.15) is 0 Å². The van der Waals surface area contributed by atoms with Gasteiger partial charge in [0.2, 0.25) is 0 Å². The van der Waals surface area contributed by atoms with Crippen LogP contribution < -0.4 is 5.32 Å². The van der Waals surface area contributed by atoms with Crippen molar-refractivity contribution in [3.8, 4) is 0 Å². The summed E-state index contributed by atoms with van der Waals surface area (Å²) in [4.78, 5) is 5.21. The van der Waals surface area contributed by atoms with Crippen LogP contribution in [-0.4, -0.2) is 62.2 Å². The van der Waals surface area contributed by atoms with Crippen molar-refractivity contribution in [2.45, 2.75) is 40.2 Å². The Bertz CT molecular complexity index is 208. The van der Waals surface area contributed by atoms with Gasteiger partial charge in [-0.15, -0.1) is 0 Å². The van der Waals surface area contributed by atoms with E-state index in [0.29, 0.717) is 11.5 Å². The van der Waals surface area contributed by atoms with Crippen molar-refractivity contribution in [1.29, 1.82) is 0 Å². The first-order chi connectivity index (χ1) is 7.99. The van der Waals surface area contributed by atoms with E-state index in [2.05, 4.69) is 49.9 Å². The zero-order valence-electron chi connectivity index (χ0n) is 12.4. The Morgan fingerprint density at radius 2 is 1.65 bits per heavy atom. The van der Waals surface area contributed by atoms with E-state index in [1.165, 1.54) is 45.7 Å². The topological polar surface area (TPSA) is 18.5 Å². The van der Waals surface area contributed by atoms with Crippen LogP contribution in [0.5, 0.6) is 0 Å². The molecule has 1 aliphatic heterocycles. The lowest BCUT2D eigenvalue weighted by molar-refractivity contribution is 0.0846. The predicted octanol–water partition coefficient (Wildman–Crippen LogP) is 1.65. The summed E-state index contributed by atoms with van der Waals surface area (Å²) in [5, 5.41) is 3.39. The maximum Gasteiger partial charge on any atom is 0.0110 e. The van der Waals surface area contributed by atoms with Crippen LogP contribution in [0.2, 0.25) is 0 Å². The summed E-state index contributed by atoms with van der Waals surface area (Å²) in [5.41, 5.74) is 0.349. The van der Waals surface area contributed by atoms with E-state index < -0.39 is 0 Å². The quantitative estimate of drug-likeness (QED) is 0.763. The van der Waals surface area contributed by atoms with Crippen molar-refractivity contribution in [3.05, 3.63) is 0 Å². The SMILES string of the molecule is CCCN1CCN(CC(C)(C)C(C)NC)CC1. The molecule has 0 amide bonds. The Balaban J connectivity index is 2.34. The molecule has 0 saturated carbocycles. The van der Waals surface area contributed by atoms with Gasteiger partial charge in [0, 0.05) is 38.8 Å². The molecule has 17 heavy (non-hydrogen) atoms. The summed E-state index contributed by atoms with van der Waals surface area (Å²) < 4.78 is 0. The highest BCUT2D eigenvalue weighted by atomic mass is 15.3. The van der Waals surface area contributed by atoms with Gasteiger partial charge in [-0.3, -0.25) is 0 Å². The van der Waals surface area contributed by atoms with Crippen LogP contribution >= 0.6 is 0 Å². The zero-order chi connectivity index (χ0) is 12.9. The van der Waals surface area contributed by atoms with E-state index in [4.69, 9.17) is 0 Å². The van der Waals surface area contributed by atoms with Gasteiger partial charge in [0.15, 0.2) is 0 Å². The highest BCUT2D eigenvalue weighted by molar-refractivity contribution is 4.85. The zero-order valence-corrected chi connectivity index (χ0v) is 12.4. The smallest absolute Gasteiger partial charge is 0.0110 e. The monoisotopic (exact) mass is 241 g/mol. The van der Waals surface area contributed by atoms with Gasteiger partial charge in [-0.2, -0.15) is 0 Å². The molecule has 102 valence electrons. The number of piperazine rings is 1. The first kappa shape index (κ1) is 14.9. The second-order valence-electron chi connectivity index (χ2n) is 6.12. The average molecular weight is 241 g/mol. The fourth-order valence-electron chi connectivity index (χ4n) is 2.59. The maximum absolute atomic E-state index is 3.39. The van der Waals surface area contributed by atoms with Crippen LogP contribution in [0.15, 0.2) is 0 Å². The molecule has 0 radical (unpaired) electrons. The maximum atomic E-state index is 3.39. The van der Waals surface area contributed by atoms with Gasteiger partial charge >= 0.3 is 0 Å². The lowest BCUT2D eigenvalue weighted by atomic mass is 9.84. The van der Waals surface area contributed by atoms with Gasteiger partial charge < -0.3 is 15.1 Å². The summed E-state index contributed by atoms with van der Waals surface area (Å²) in [6.45, 7) is 16.7.